The molecule has 3 aromatic rings. The first-order valence-corrected chi connectivity index (χ1v) is 11.2. The van der Waals surface area contributed by atoms with Crippen LogP contribution in [0, 0.1) is 0 Å². The second kappa shape index (κ2) is 10.6. The molecular formula is C24H26F2N6O3. The van der Waals surface area contributed by atoms with Crippen LogP contribution in [-0.4, -0.2) is 58.6 Å². The number of rotatable bonds is 8. The number of benzene rings is 1. The molecule has 9 nitrogen and oxygen atoms in total. The van der Waals surface area contributed by atoms with Crippen LogP contribution in [-0.2, 0) is 16.1 Å². The zero-order valence-electron chi connectivity index (χ0n) is 19.5. The van der Waals surface area contributed by atoms with Crippen molar-refractivity contribution >= 4 is 23.7 Å². The van der Waals surface area contributed by atoms with Gasteiger partial charge in [0.2, 0.25) is 18.2 Å². The van der Waals surface area contributed by atoms with Crippen LogP contribution in [0.5, 0.6) is 0 Å². The molecule has 1 fully saturated rings. The summed E-state index contributed by atoms with van der Waals surface area (Å²) in [5.74, 6) is -0.705. The molecule has 11 heteroatoms. The first kappa shape index (κ1) is 24.2. The average molecular weight is 485 g/mol. The molecule has 1 saturated heterocycles. The standard InChI is InChI=1S/C24H26F2N6O3/c1-16(34)31-11-9-19(10-12-31)30(2)20-5-3-4-6-21(20)32(15-33)14-18-8-7-17(13-27-18)23-28-29-24(35-23)22(25)26/h3-8,13,15,19,22H,9-12,14H2,1-2H3. The third kappa shape index (κ3) is 5.44. The predicted molar refractivity (Wildman–Crippen MR) is 125 cm³/mol. The van der Waals surface area contributed by atoms with Crippen molar-refractivity contribution in [1.29, 1.82) is 0 Å². The van der Waals surface area contributed by atoms with Crippen molar-refractivity contribution < 1.29 is 22.8 Å². The van der Waals surface area contributed by atoms with E-state index >= 15 is 0 Å². The van der Waals surface area contributed by atoms with Crippen molar-refractivity contribution in [1.82, 2.24) is 20.1 Å². The highest BCUT2D eigenvalue weighted by Gasteiger charge is 2.26. The molecule has 1 aliphatic heterocycles. The Morgan fingerprint density at radius 1 is 1.17 bits per heavy atom. The molecule has 0 saturated carbocycles. The minimum Gasteiger partial charge on any atom is -0.415 e. The maximum Gasteiger partial charge on any atom is 0.314 e. The van der Waals surface area contributed by atoms with Crippen molar-refractivity contribution in [2.45, 2.75) is 38.8 Å². The third-order valence-corrected chi connectivity index (χ3v) is 6.19. The number of pyridine rings is 1. The summed E-state index contributed by atoms with van der Waals surface area (Å²) in [6.45, 7) is 3.21. The number of carbonyl (C=O) groups excluding carboxylic acids is 2. The maximum absolute atomic E-state index is 12.7. The number of anilines is 2. The minimum absolute atomic E-state index is 0.0469. The van der Waals surface area contributed by atoms with E-state index in [1.54, 1.807) is 24.0 Å². The fraction of sp³-hybridized carbons (Fsp3) is 0.375. The predicted octanol–water partition coefficient (Wildman–Crippen LogP) is 3.68. The van der Waals surface area contributed by atoms with Crippen LogP contribution in [0.3, 0.4) is 0 Å². The normalized spacial score (nSPS) is 14.3. The van der Waals surface area contributed by atoms with Crippen molar-refractivity contribution in [2.24, 2.45) is 0 Å². The Labute approximate surface area is 201 Å². The molecule has 0 N–H and O–H groups in total. The van der Waals surface area contributed by atoms with Gasteiger partial charge in [0, 0.05) is 39.3 Å². The summed E-state index contributed by atoms with van der Waals surface area (Å²) in [5, 5.41) is 6.94. The molecule has 0 bridgehead atoms. The zero-order valence-corrected chi connectivity index (χ0v) is 19.5. The summed E-state index contributed by atoms with van der Waals surface area (Å²) in [6, 6.07) is 11.2. The van der Waals surface area contributed by atoms with Gasteiger partial charge in [0.15, 0.2) is 0 Å². The summed E-state index contributed by atoms with van der Waals surface area (Å²) in [6.07, 6.45) is 1.05. The highest BCUT2D eigenvalue weighted by Crippen LogP contribution is 2.32. The molecule has 0 radical (unpaired) electrons. The molecule has 1 aliphatic rings. The second-order valence-corrected chi connectivity index (χ2v) is 8.35. The zero-order chi connectivity index (χ0) is 24.9. The fourth-order valence-electron chi connectivity index (χ4n) is 4.21. The van der Waals surface area contributed by atoms with Gasteiger partial charge in [-0.2, -0.15) is 8.78 Å². The van der Waals surface area contributed by atoms with E-state index in [-0.39, 0.29) is 24.4 Å². The lowest BCUT2D eigenvalue weighted by Crippen LogP contribution is -2.45. The lowest BCUT2D eigenvalue weighted by Gasteiger charge is -2.38. The molecule has 0 atom stereocenters. The van der Waals surface area contributed by atoms with Crippen molar-refractivity contribution in [2.75, 3.05) is 29.9 Å². The fourth-order valence-corrected chi connectivity index (χ4v) is 4.21. The number of aromatic nitrogens is 3. The van der Waals surface area contributed by atoms with Crippen LogP contribution in [0.15, 0.2) is 47.0 Å². The van der Waals surface area contributed by atoms with Gasteiger partial charge in [0.1, 0.15) is 0 Å². The van der Waals surface area contributed by atoms with Crippen molar-refractivity contribution in [3.63, 3.8) is 0 Å². The van der Waals surface area contributed by atoms with E-state index in [1.165, 1.54) is 6.20 Å². The van der Waals surface area contributed by atoms with E-state index < -0.39 is 12.3 Å². The molecule has 35 heavy (non-hydrogen) atoms. The Morgan fingerprint density at radius 2 is 1.89 bits per heavy atom. The van der Waals surface area contributed by atoms with Gasteiger partial charge in [-0.05, 0) is 37.1 Å². The van der Waals surface area contributed by atoms with Gasteiger partial charge in [-0.3, -0.25) is 14.6 Å². The smallest absolute Gasteiger partial charge is 0.314 e. The Kier molecular flexibility index (Phi) is 7.33. The molecule has 3 heterocycles. The summed E-state index contributed by atoms with van der Waals surface area (Å²) < 4.78 is 30.3. The molecular weight excluding hydrogens is 458 g/mol. The first-order chi connectivity index (χ1) is 16.9. The Bertz CT molecular complexity index is 1160. The maximum atomic E-state index is 12.7. The van der Waals surface area contributed by atoms with Crippen LogP contribution in [0.1, 0.15) is 37.8 Å². The molecule has 0 aliphatic carbocycles. The average Bonchev–Trinajstić information content (AvgIpc) is 3.38. The van der Waals surface area contributed by atoms with Gasteiger partial charge in [0.25, 0.3) is 5.89 Å². The number of hydrogen-bond acceptors (Lipinski definition) is 7. The van der Waals surface area contributed by atoms with E-state index in [9.17, 15) is 18.4 Å². The van der Waals surface area contributed by atoms with Gasteiger partial charge in [-0.25, -0.2) is 0 Å². The van der Waals surface area contributed by atoms with Crippen LogP contribution in [0.2, 0.25) is 0 Å². The van der Waals surface area contributed by atoms with Crippen LogP contribution < -0.4 is 9.80 Å². The molecule has 1 aromatic carbocycles. The highest BCUT2D eigenvalue weighted by molar-refractivity contribution is 5.84. The van der Waals surface area contributed by atoms with Gasteiger partial charge < -0.3 is 19.1 Å². The molecule has 2 amide bonds. The number of alkyl halides is 2. The number of likely N-dealkylation sites (tertiary alicyclic amines) is 1. The molecule has 4 rings (SSSR count). The van der Waals surface area contributed by atoms with Gasteiger partial charge >= 0.3 is 6.43 Å². The SMILES string of the molecule is CC(=O)N1CCC(N(C)c2ccccc2N(C=O)Cc2ccc(-c3nnc(C(F)F)o3)cn2)CC1. The third-order valence-electron chi connectivity index (χ3n) is 6.19. The lowest BCUT2D eigenvalue weighted by molar-refractivity contribution is -0.129. The second-order valence-electron chi connectivity index (χ2n) is 8.35. The van der Waals surface area contributed by atoms with E-state index in [0.717, 1.165) is 30.6 Å². The molecule has 184 valence electrons. The topological polar surface area (TPSA) is 95.7 Å². The number of para-hydroxylation sites is 2. The molecule has 0 unspecified atom stereocenters. The minimum atomic E-state index is -2.84. The number of amides is 2. The Hall–Kier alpha value is -3.89. The van der Waals surface area contributed by atoms with Crippen molar-refractivity contribution in [3.8, 4) is 11.5 Å². The summed E-state index contributed by atoms with van der Waals surface area (Å²) in [4.78, 5) is 33.6. The lowest BCUT2D eigenvalue weighted by atomic mass is 10.0. The Balaban J connectivity index is 1.48. The van der Waals surface area contributed by atoms with Gasteiger partial charge in [-0.1, -0.05) is 12.1 Å². The van der Waals surface area contributed by atoms with E-state index in [1.807, 2.05) is 36.2 Å². The first-order valence-electron chi connectivity index (χ1n) is 11.2. The van der Waals surface area contributed by atoms with E-state index in [4.69, 9.17) is 4.42 Å². The van der Waals surface area contributed by atoms with Crippen molar-refractivity contribution in [3.05, 3.63) is 54.2 Å². The largest absolute Gasteiger partial charge is 0.415 e. The number of halogens is 2. The summed E-state index contributed by atoms with van der Waals surface area (Å²) >= 11 is 0. The summed E-state index contributed by atoms with van der Waals surface area (Å²) in [5.41, 5.74) is 2.65. The van der Waals surface area contributed by atoms with E-state index in [2.05, 4.69) is 20.1 Å². The van der Waals surface area contributed by atoms with Crippen LogP contribution >= 0.6 is 0 Å². The monoisotopic (exact) mass is 484 g/mol. The quantitative estimate of drug-likeness (QED) is 0.450. The molecule has 0 spiro atoms. The van der Waals surface area contributed by atoms with E-state index in [0.29, 0.717) is 24.3 Å². The number of nitrogens with zero attached hydrogens (tertiary/aromatic N) is 6. The van der Waals surface area contributed by atoms with Crippen LogP contribution in [0.4, 0.5) is 20.2 Å². The number of piperidine rings is 1. The highest BCUT2D eigenvalue weighted by atomic mass is 19.3. The molecule has 2 aromatic heterocycles. The van der Waals surface area contributed by atoms with Gasteiger partial charge in [0.05, 0.1) is 29.2 Å². The van der Waals surface area contributed by atoms with Crippen LogP contribution in [0.25, 0.3) is 11.5 Å². The number of carbonyl (C=O) groups is 2. The number of hydrogen-bond donors (Lipinski definition) is 0. The van der Waals surface area contributed by atoms with Gasteiger partial charge in [-0.15, -0.1) is 10.2 Å². The summed E-state index contributed by atoms with van der Waals surface area (Å²) in [7, 11) is 2.00. The Morgan fingerprint density at radius 3 is 2.46 bits per heavy atom.